The van der Waals surface area contributed by atoms with Gasteiger partial charge in [-0.05, 0) is 47.8 Å². The van der Waals surface area contributed by atoms with Crippen LogP contribution in [-0.4, -0.2) is 36.9 Å². The van der Waals surface area contributed by atoms with Gasteiger partial charge in [-0.25, -0.2) is 0 Å². The van der Waals surface area contributed by atoms with Crippen molar-refractivity contribution in [2.24, 2.45) is 11.3 Å². The van der Waals surface area contributed by atoms with E-state index in [0.29, 0.717) is 25.3 Å². The average Bonchev–Trinajstić information content (AvgIpc) is 3.22. The minimum atomic E-state index is -0.562. The van der Waals surface area contributed by atoms with Crippen LogP contribution in [0, 0.1) is 11.3 Å². The average molecular weight is 399 g/mol. The molecule has 1 atom stereocenters. The number of thiophene rings is 1. The van der Waals surface area contributed by atoms with Crippen molar-refractivity contribution in [2.75, 3.05) is 20.1 Å². The van der Waals surface area contributed by atoms with E-state index in [1.54, 1.807) is 18.4 Å². The van der Waals surface area contributed by atoms with Gasteiger partial charge in [0, 0.05) is 31.4 Å². The number of likely N-dealkylation sites (tertiary alicyclic amines) is 1. The van der Waals surface area contributed by atoms with Gasteiger partial charge in [0.15, 0.2) is 0 Å². The molecule has 0 saturated carbocycles. The van der Waals surface area contributed by atoms with Crippen LogP contribution >= 0.6 is 11.3 Å². The van der Waals surface area contributed by atoms with Crippen LogP contribution in [0.5, 0.6) is 0 Å². The first-order valence-corrected chi connectivity index (χ1v) is 10.9. The molecule has 1 aromatic heterocycles. The maximum Gasteiger partial charge on any atom is 0.228 e. The van der Waals surface area contributed by atoms with Gasteiger partial charge in [-0.3, -0.25) is 9.59 Å². The fourth-order valence-electron chi connectivity index (χ4n) is 4.17. The van der Waals surface area contributed by atoms with Crippen LogP contribution in [0.2, 0.25) is 0 Å². The molecule has 5 heteroatoms. The number of rotatable bonds is 6. The predicted molar refractivity (Wildman–Crippen MR) is 115 cm³/mol. The molecule has 4 nitrogen and oxygen atoms in total. The van der Waals surface area contributed by atoms with Crippen molar-refractivity contribution in [2.45, 2.75) is 39.5 Å². The third-order valence-corrected chi connectivity index (χ3v) is 6.42. The van der Waals surface area contributed by atoms with E-state index >= 15 is 0 Å². The van der Waals surface area contributed by atoms with E-state index in [2.05, 4.69) is 60.9 Å². The summed E-state index contributed by atoms with van der Waals surface area (Å²) in [4.78, 5) is 28.7. The molecule has 1 N–H and O–H groups in total. The van der Waals surface area contributed by atoms with Crippen molar-refractivity contribution >= 4 is 23.2 Å². The van der Waals surface area contributed by atoms with Gasteiger partial charge in [-0.2, -0.15) is 0 Å². The number of amides is 2. The standard InChI is InChI=1S/C23H30N2O2S/c1-17(2)13-21(26)25-11-6-10-23(16-25,22(27)24-3)15-18-7-4-8-19(14-18)20-9-5-12-28-20/h4-5,7-9,12,14,17H,6,10-11,13,15-16H2,1-3H3,(H,24,27). The molecule has 1 unspecified atom stereocenters. The van der Waals surface area contributed by atoms with E-state index in [1.165, 1.54) is 10.4 Å². The molecule has 2 heterocycles. The summed E-state index contributed by atoms with van der Waals surface area (Å²) in [6.07, 6.45) is 2.86. The zero-order chi connectivity index (χ0) is 20.1. The van der Waals surface area contributed by atoms with Crippen LogP contribution in [0.1, 0.15) is 38.7 Å². The van der Waals surface area contributed by atoms with Crippen LogP contribution in [0.25, 0.3) is 10.4 Å². The first-order chi connectivity index (χ1) is 13.4. The van der Waals surface area contributed by atoms with E-state index in [9.17, 15) is 9.59 Å². The van der Waals surface area contributed by atoms with Gasteiger partial charge in [0.05, 0.1) is 5.41 Å². The number of carbonyl (C=O) groups excluding carboxylic acids is 2. The summed E-state index contributed by atoms with van der Waals surface area (Å²) in [6.45, 7) is 5.37. The molecule has 1 aromatic carbocycles. The Balaban J connectivity index is 1.85. The lowest BCUT2D eigenvalue weighted by Gasteiger charge is -2.42. The quantitative estimate of drug-likeness (QED) is 0.786. The molecule has 1 aliphatic rings. The molecule has 3 rings (SSSR count). The Bertz CT molecular complexity index is 816. The third-order valence-electron chi connectivity index (χ3n) is 5.50. The number of nitrogens with one attached hydrogen (secondary N) is 1. The van der Waals surface area contributed by atoms with Crippen molar-refractivity contribution in [1.29, 1.82) is 0 Å². The van der Waals surface area contributed by atoms with E-state index in [0.717, 1.165) is 24.9 Å². The van der Waals surface area contributed by atoms with Crippen molar-refractivity contribution < 1.29 is 9.59 Å². The number of nitrogens with zero attached hydrogens (tertiary/aromatic N) is 1. The highest BCUT2D eigenvalue weighted by molar-refractivity contribution is 7.13. The topological polar surface area (TPSA) is 49.4 Å². The van der Waals surface area contributed by atoms with Gasteiger partial charge in [-0.15, -0.1) is 11.3 Å². The molecule has 1 saturated heterocycles. The summed E-state index contributed by atoms with van der Waals surface area (Å²) in [7, 11) is 1.70. The van der Waals surface area contributed by atoms with Crippen LogP contribution in [0.4, 0.5) is 0 Å². The minimum Gasteiger partial charge on any atom is -0.359 e. The SMILES string of the molecule is CNC(=O)C1(Cc2cccc(-c3cccs3)c2)CCCN(C(=O)CC(C)C)C1. The number of benzene rings is 1. The van der Waals surface area contributed by atoms with E-state index in [1.807, 2.05) is 4.90 Å². The second kappa shape index (κ2) is 8.91. The highest BCUT2D eigenvalue weighted by atomic mass is 32.1. The lowest BCUT2D eigenvalue weighted by molar-refractivity contribution is -0.141. The lowest BCUT2D eigenvalue weighted by atomic mass is 9.74. The molecule has 2 amide bonds. The van der Waals surface area contributed by atoms with Gasteiger partial charge in [0.1, 0.15) is 0 Å². The maximum absolute atomic E-state index is 13.0. The van der Waals surface area contributed by atoms with Gasteiger partial charge in [-0.1, -0.05) is 44.2 Å². The summed E-state index contributed by atoms with van der Waals surface area (Å²) in [5.74, 6) is 0.526. The fourth-order valence-corrected chi connectivity index (χ4v) is 4.89. The van der Waals surface area contributed by atoms with Crippen LogP contribution < -0.4 is 5.32 Å². The normalized spacial score (nSPS) is 19.6. The van der Waals surface area contributed by atoms with Crippen molar-refractivity contribution in [3.8, 4) is 10.4 Å². The molecule has 1 fully saturated rings. The number of piperidine rings is 1. The van der Waals surface area contributed by atoms with E-state index < -0.39 is 5.41 Å². The zero-order valence-corrected chi connectivity index (χ0v) is 17.8. The summed E-state index contributed by atoms with van der Waals surface area (Å²) >= 11 is 1.72. The Morgan fingerprint density at radius 2 is 2.07 bits per heavy atom. The molecular weight excluding hydrogens is 368 g/mol. The van der Waals surface area contributed by atoms with Crippen LogP contribution in [0.15, 0.2) is 41.8 Å². The zero-order valence-electron chi connectivity index (χ0n) is 17.0. The van der Waals surface area contributed by atoms with Crippen molar-refractivity contribution in [3.63, 3.8) is 0 Å². The molecule has 28 heavy (non-hydrogen) atoms. The maximum atomic E-state index is 13.0. The molecule has 2 aromatic rings. The van der Waals surface area contributed by atoms with Crippen molar-refractivity contribution in [1.82, 2.24) is 10.2 Å². The predicted octanol–water partition coefficient (Wildman–Crippen LogP) is 4.36. The summed E-state index contributed by atoms with van der Waals surface area (Å²) in [6, 6.07) is 12.6. The van der Waals surface area contributed by atoms with Crippen LogP contribution in [0.3, 0.4) is 0 Å². The largest absolute Gasteiger partial charge is 0.359 e. The Morgan fingerprint density at radius 3 is 2.75 bits per heavy atom. The number of hydrogen-bond acceptors (Lipinski definition) is 3. The van der Waals surface area contributed by atoms with Gasteiger partial charge < -0.3 is 10.2 Å². The second-order valence-corrected chi connectivity index (χ2v) is 9.18. The molecule has 0 aliphatic carbocycles. The molecule has 0 radical (unpaired) electrons. The Morgan fingerprint density at radius 1 is 1.25 bits per heavy atom. The first-order valence-electron chi connectivity index (χ1n) is 10.1. The minimum absolute atomic E-state index is 0.0380. The van der Waals surface area contributed by atoms with Crippen molar-refractivity contribution in [3.05, 3.63) is 47.3 Å². The second-order valence-electron chi connectivity index (χ2n) is 8.23. The van der Waals surface area contributed by atoms with Crippen LogP contribution in [-0.2, 0) is 16.0 Å². The Hall–Kier alpha value is -2.14. The Labute approximate surface area is 172 Å². The Kier molecular flexibility index (Phi) is 6.55. The third kappa shape index (κ3) is 4.64. The summed E-state index contributed by atoms with van der Waals surface area (Å²) < 4.78 is 0. The molecule has 0 spiro atoms. The number of hydrogen-bond donors (Lipinski definition) is 1. The van der Waals surface area contributed by atoms with E-state index in [-0.39, 0.29) is 11.8 Å². The monoisotopic (exact) mass is 398 g/mol. The molecule has 0 bridgehead atoms. The van der Waals surface area contributed by atoms with Gasteiger partial charge >= 0.3 is 0 Å². The number of carbonyl (C=O) groups is 2. The summed E-state index contributed by atoms with van der Waals surface area (Å²) in [5, 5.41) is 4.94. The fraction of sp³-hybridized carbons (Fsp3) is 0.478. The van der Waals surface area contributed by atoms with Gasteiger partial charge in [0.25, 0.3) is 0 Å². The summed E-state index contributed by atoms with van der Waals surface area (Å²) in [5.41, 5.74) is 1.77. The molecule has 150 valence electrons. The highest BCUT2D eigenvalue weighted by Crippen LogP contribution is 2.36. The molecular formula is C23H30N2O2S. The molecule has 1 aliphatic heterocycles. The smallest absolute Gasteiger partial charge is 0.228 e. The van der Waals surface area contributed by atoms with E-state index in [4.69, 9.17) is 0 Å². The van der Waals surface area contributed by atoms with Gasteiger partial charge in [0.2, 0.25) is 11.8 Å². The lowest BCUT2D eigenvalue weighted by Crippen LogP contribution is -2.54. The highest BCUT2D eigenvalue weighted by Gasteiger charge is 2.43. The first kappa shape index (κ1) is 20.6.